The number of furan rings is 1. The number of carbonyl (C=O) groups is 1. The molecule has 1 rings (SSSR count). The van der Waals surface area contributed by atoms with Crippen LogP contribution in [0.2, 0.25) is 0 Å². The molecule has 0 spiro atoms. The van der Waals surface area contributed by atoms with Crippen LogP contribution in [0.25, 0.3) is 0 Å². The van der Waals surface area contributed by atoms with Crippen LogP contribution in [0.3, 0.4) is 0 Å². The fourth-order valence-electron chi connectivity index (χ4n) is 1.39. The van der Waals surface area contributed by atoms with Crippen molar-refractivity contribution in [3.63, 3.8) is 0 Å². The second-order valence-corrected chi connectivity index (χ2v) is 6.81. The van der Waals surface area contributed by atoms with Crippen LogP contribution in [0.5, 0.6) is 0 Å². The van der Waals surface area contributed by atoms with E-state index in [1.807, 2.05) is 20.8 Å². The molecule has 0 aliphatic rings. The first-order chi connectivity index (χ1) is 8.57. The van der Waals surface area contributed by atoms with Crippen molar-refractivity contribution in [2.45, 2.75) is 39.0 Å². The van der Waals surface area contributed by atoms with Gasteiger partial charge in [-0.15, -0.1) is 0 Å². The Bertz CT molecular complexity index is 573. The summed E-state index contributed by atoms with van der Waals surface area (Å²) in [4.78, 5) is 11.7. The smallest absolute Gasteiger partial charge is 0.287 e. The number of hydrogen-bond donors (Lipinski definition) is 2. The molecule has 0 aromatic carbocycles. The summed E-state index contributed by atoms with van der Waals surface area (Å²) in [6, 6.07) is 1.15. The van der Waals surface area contributed by atoms with Gasteiger partial charge in [-0.1, -0.05) is 20.8 Å². The Balaban J connectivity index is 2.85. The van der Waals surface area contributed by atoms with E-state index in [4.69, 9.17) is 9.56 Å². The van der Waals surface area contributed by atoms with Gasteiger partial charge < -0.3 is 9.73 Å². The van der Waals surface area contributed by atoms with Crippen molar-refractivity contribution in [2.75, 3.05) is 6.54 Å². The van der Waals surface area contributed by atoms with Crippen molar-refractivity contribution < 1.29 is 17.6 Å². The Labute approximate surface area is 113 Å². The lowest BCUT2D eigenvalue weighted by Gasteiger charge is -2.22. The zero-order valence-electron chi connectivity index (χ0n) is 11.6. The number of hydrogen-bond acceptors (Lipinski definition) is 4. The van der Waals surface area contributed by atoms with E-state index >= 15 is 0 Å². The molecule has 1 amide bonds. The van der Waals surface area contributed by atoms with Gasteiger partial charge in [0.1, 0.15) is 10.7 Å². The van der Waals surface area contributed by atoms with E-state index in [-0.39, 0.29) is 21.8 Å². The molecule has 0 unspecified atom stereocenters. The van der Waals surface area contributed by atoms with Crippen LogP contribution in [-0.2, 0) is 10.0 Å². The quantitative estimate of drug-likeness (QED) is 0.854. The highest BCUT2D eigenvalue weighted by Crippen LogP contribution is 2.20. The molecule has 1 aromatic heterocycles. The van der Waals surface area contributed by atoms with Gasteiger partial charge in [-0.3, -0.25) is 4.79 Å². The Morgan fingerprint density at radius 2 is 2.05 bits per heavy atom. The molecular formula is C12H20N2O4S. The van der Waals surface area contributed by atoms with Crippen LogP contribution in [0.1, 0.15) is 43.5 Å². The number of rotatable bonds is 5. The van der Waals surface area contributed by atoms with Crippen LogP contribution in [-0.4, -0.2) is 20.9 Å². The van der Waals surface area contributed by atoms with E-state index in [1.165, 1.54) is 6.92 Å². The molecule has 19 heavy (non-hydrogen) atoms. The van der Waals surface area contributed by atoms with Crippen LogP contribution in [0.4, 0.5) is 0 Å². The molecule has 0 radical (unpaired) electrons. The second kappa shape index (κ2) is 5.34. The predicted octanol–water partition coefficient (Wildman–Crippen LogP) is 1.40. The maximum absolute atomic E-state index is 11.9. The van der Waals surface area contributed by atoms with Gasteiger partial charge in [-0.25, -0.2) is 13.6 Å². The summed E-state index contributed by atoms with van der Waals surface area (Å²) in [5, 5.41) is 7.73. The molecule has 0 aliphatic carbocycles. The van der Waals surface area contributed by atoms with Gasteiger partial charge in [0.25, 0.3) is 5.91 Å². The molecule has 0 aliphatic heterocycles. The van der Waals surface area contributed by atoms with E-state index in [2.05, 4.69) is 5.32 Å². The van der Waals surface area contributed by atoms with Gasteiger partial charge in [0.2, 0.25) is 10.0 Å². The lowest BCUT2D eigenvalue weighted by atomic mass is 9.90. The Morgan fingerprint density at radius 3 is 2.47 bits per heavy atom. The summed E-state index contributed by atoms with van der Waals surface area (Å²) in [6.45, 7) is 8.01. The highest BCUT2D eigenvalue weighted by molar-refractivity contribution is 7.89. The third kappa shape index (κ3) is 4.07. The molecule has 1 aromatic rings. The molecule has 0 atom stereocenters. The molecule has 0 saturated carbocycles. The summed E-state index contributed by atoms with van der Waals surface area (Å²) < 4.78 is 27.6. The first-order valence-electron chi connectivity index (χ1n) is 5.98. The molecule has 0 fully saturated rings. The average Bonchev–Trinajstić information content (AvgIpc) is 2.68. The summed E-state index contributed by atoms with van der Waals surface area (Å²) in [6.07, 6.45) is 0.910. The fourth-order valence-corrected chi connectivity index (χ4v) is 2.11. The van der Waals surface area contributed by atoms with Gasteiger partial charge in [0.15, 0.2) is 5.76 Å². The normalized spacial score (nSPS) is 12.5. The van der Waals surface area contributed by atoms with Gasteiger partial charge >= 0.3 is 0 Å². The largest absolute Gasteiger partial charge is 0.455 e. The molecule has 6 nitrogen and oxygen atoms in total. The first-order valence-corrected chi connectivity index (χ1v) is 7.53. The summed E-state index contributed by atoms with van der Waals surface area (Å²) in [5.41, 5.74) is -0.0277. The number of nitrogens with one attached hydrogen (secondary N) is 1. The van der Waals surface area contributed by atoms with Gasteiger partial charge in [-0.2, -0.15) is 0 Å². The minimum atomic E-state index is -3.87. The van der Waals surface area contributed by atoms with Crippen molar-refractivity contribution >= 4 is 15.9 Å². The van der Waals surface area contributed by atoms with Gasteiger partial charge in [0.05, 0.1) is 0 Å². The van der Waals surface area contributed by atoms with Crippen molar-refractivity contribution in [3.8, 4) is 0 Å². The third-order valence-electron chi connectivity index (χ3n) is 3.09. The highest BCUT2D eigenvalue weighted by Gasteiger charge is 2.22. The molecule has 108 valence electrons. The number of aryl methyl sites for hydroxylation is 1. The minimum Gasteiger partial charge on any atom is -0.455 e. The molecule has 0 saturated heterocycles. The Hall–Kier alpha value is -1.34. The van der Waals surface area contributed by atoms with Gasteiger partial charge in [-0.05, 0) is 18.8 Å². The lowest BCUT2D eigenvalue weighted by molar-refractivity contribution is 0.0906. The van der Waals surface area contributed by atoms with Crippen molar-refractivity contribution in [1.82, 2.24) is 5.32 Å². The summed E-state index contributed by atoms with van der Waals surface area (Å²) >= 11 is 0. The number of primary sulfonamides is 1. The number of amides is 1. The number of nitrogens with two attached hydrogens (primary N) is 1. The molecule has 3 N–H and O–H groups in total. The maximum Gasteiger partial charge on any atom is 0.287 e. The van der Waals surface area contributed by atoms with E-state index in [0.29, 0.717) is 6.54 Å². The van der Waals surface area contributed by atoms with Crippen LogP contribution in [0, 0.1) is 12.3 Å². The van der Waals surface area contributed by atoms with E-state index in [0.717, 1.165) is 12.5 Å². The monoisotopic (exact) mass is 288 g/mol. The Kier molecular flexibility index (Phi) is 4.42. The van der Waals surface area contributed by atoms with Crippen molar-refractivity contribution in [3.05, 3.63) is 17.6 Å². The molecule has 0 bridgehead atoms. The standard InChI is InChI=1S/C12H20N2O4S/c1-5-12(3,4)7-14-11(15)9-6-10(8(2)18-9)19(13,16)17/h6H,5,7H2,1-4H3,(H,14,15)(H2,13,16,17). The SMILES string of the molecule is CCC(C)(C)CNC(=O)c1cc(S(N)(=O)=O)c(C)o1. The molecule has 7 heteroatoms. The average molecular weight is 288 g/mol. The summed E-state index contributed by atoms with van der Waals surface area (Å²) in [7, 11) is -3.87. The van der Waals surface area contributed by atoms with Gasteiger partial charge in [0, 0.05) is 12.6 Å². The third-order valence-corrected chi connectivity index (χ3v) is 4.11. The minimum absolute atomic E-state index is 0.0277. The highest BCUT2D eigenvalue weighted by atomic mass is 32.2. The zero-order chi connectivity index (χ0) is 14.8. The fraction of sp³-hybridized carbons (Fsp3) is 0.583. The van der Waals surface area contributed by atoms with Crippen LogP contribution < -0.4 is 10.5 Å². The van der Waals surface area contributed by atoms with Crippen molar-refractivity contribution in [1.29, 1.82) is 0 Å². The number of carbonyl (C=O) groups excluding carboxylic acids is 1. The topological polar surface area (TPSA) is 102 Å². The predicted molar refractivity (Wildman–Crippen MR) is 71.2 cm³/mol. The molecular weight excluding hydrogens is 268 g/mol. The molecule has 1 heterocycles. The number of sulfonamides is 1. The van der Waals surface area contributed by atoms with E-state index < -0.39 is 15.9 Å². The van der Waals surface area contributed by atoms with E-state index in [1.54, 1.807) is 0 Å². The Morgan fingerprint density at radius 1 is 1.47 bits per heavy atom. The van der Waals surface area contributed by atoms with Crippen LogP contribution >= 0.6 is 0 Å². The zero-order valence-corrected chi connectivity index (χ0v) is 12.4. The second-order valence-electron chi connectivity index (χ2n) is 5.28. The van der Waals surface area contributed by atoms with E-state index in [9.17, 15) is 13.2 Å². The first kappa shape index (κ1) is 15.7. The maximum atomic E-state index is 11.9. The lowest BCUT2D eigenvalue weighted by Crippen LogP contribution is -2.33. The van der Waals surface area contributed by atoms with Crippen molar-refractivity contribution in [2.24, 2.45) is 10.6 Å². The van der Waals surface area contributed by atoms with Crippen LogP contribution in [0.15, 0.2) is 15.4 Å². The summed E-state index contributed by atoms with van der Waals surface area (Å²) in [5.74, 6) is -0.379.